The van der Waals surface area contributed by atoms with Crippen LogP contribution in [-0.4, -0.2) is 19.2 Å². The number of nitrogens with zero attached hydrogens (tertiary/aromatic N) is 1. The molecule has 0 aliphatic heterocycles. The van der Waals surface area contributed by atoms with Crippen molar-refractivity contribution in [2.45, 2.75) is 19.8 Å². The Morgan fingerprint density at radius 2 is 1.82 bits per heavy atom. The maximum absolute atomic E-state index is 11.9. The number of benzene rings is 2. The molecule has 4 nitrogen and oxygen atoms in total. The second-order valence-corrected chi connectivity index (χ2v) is 4.92. The number of hydrazone groups is 1. The first-order chi connectivity index (χ1) is 10.7. The summed E-state index contributed by atoms with van der Waals surface area (Å²) in [6.45, 7) is 2.16. The molecule has 22 heavy (non-hydrogen) atoms. The van der Waals surface area contributed by atoms with E-state index in [2.05, 4.69) is 29.6 Å². The Morgan fingerprint density at radius 3 is 2.41 bits per heavy atom. The molecule has 2 rings (SSSR count). The maximum atomic E-state index is 11.9. The van der Waals surface area contributed by atoms with E-state index in [-0.39, 0.29) is 5.91 Å². The number of methoxy groups -OCH3 is 1. The van der Waals surface area contributed by atoms with Crippen molar-refractivity contribution in [3.63, 3.8) is 0 Å². The van der Waals surface area contributed by atoms with Crippen molar-refractivity contribution in [2.24, 2.45) is 5.10 Å². The average molecular weight is 296 g/mol. The Morgan fingerprint density at radius 1 is 1.14 bits per heavy atom. The summed E-state index contributed by atoms with van der Waals surface area (Å²) in [6.07, 6.45) is 3.84. The van der Waals surface area contributed by atoms with Crippen molar-refractivity contribution in [3.05, 3.63) is 65.2 Å². The largest absolute Gasteiger partial charge is 0.497 e. The van der Waals surface area contributed by atoms with Crippen LogP contribution in [0.15, 0.2) is 53.6 Å². The van der Waals surface area contributed by atoms with Crippen molar-refractivity contribution in [2.75, 3.05) is 7.11 Å². The van der Waals surface area contributed by atoms with Crippen molar-refractivity contribution in [3.8, 4) is 5.75 Å². The number of rotatable bonds is 6. The van der Waals surface area contributed by atoms with Gasteiger partial charge in [0.05, 0.1) is 13.3 Å². The van der Waals surface area contributed by atoms with Crippen LogP contribution in [-0.2, 0) is 6.42 Å². The van der Waals surface area contributed by atoms with Crippen LogP contribution in [0.2, 0.25) is 0 Å². The fourth-order valence-corrected chi connectivity index (χ4v) is 2.03. The summed E-state index contributed by atoms with van der Waals surface area (Å²) in [6, 6.07) is 15.0. The Kier molecular flexibility index (Phi) is 5.72. The predicted molar refractivity (Wildman–Crippen MR) is 88.5 cm³/mol. The van der Waals surface area contributed by atoms with Crippen LogP contribution in [0.1, 0.15) is 34.8 Å². The molecule has 1 N–H and O–H groups in total. The summed E-state index contributed by atoms with van der Waals surface area (Å²) in [7, 11) is 1.59. The second-order valence-electron chi connectivity index (χ2n) is 4.92. The highest BCUT2D eigenvalue weighted by atomic mass is 16.5. The molecule has 0 fully saturated rings. The molecule has 0 spiro atoms. The van der Waals surface area contributed by atoms with Gasteiger partial charge in [0.25, 0.3) is 5.91 Å². The van der Waals surface area contributed by atoms with Crippen LogP contribution in [0.3, 0.4) is 0 Å². The summed E-state index contributed by atoms with van der Waals surface area (Å²) >= 11 is 0. The fraction of sp³-hybridized carbons (Fsp3) is 0.222. The number of amides is 1. The SMILES string of the molecule is CCCc1ccc(C=NNC(=O)c2ccc(OC)cc2)cc1. The number of hydrogen-bond donors (Lipinski definition) is 1. The van der Waals surface area contributed by atoms with E-state index in [4.69, 9.17) is 4.74 Å². The molecular formula is C18H20N2O2. The van der Waals surface area contributed by atoms with Gasteiger partial charge in [-0.1, -0.05) is 37.6 Å². The van der Waals surface area contributed by atoms with E-state index in [1.807, 2.05) is 12.1 Å². The van der Waals surface area contributed by atoms with E-state index in [0.717, 1.165) is 18.4 Å². The van der Waals surface area contributed by atoms with E-state index in [1.54, 1.807) is 37.6 Å². The van der Waals surface area contributed by atoms with Crippen molar-refractivity contribution >= 4 is 12.1 Å². The Labute approximate surface area is 130 Å². The summed E-state index contributed by atoms with van der Waals surface area (Å²) in [4.78, 5) is 11.9. The topological polar surface area (TPSA) is 50.7 Å². The lowest BCUT2D eigenvalue weighted by atomic mass is 10.1. The predicted octanol–water partition coefficient (Wildman–Crippen LogP) is 3.41. The van der Waals surface area contributed by atoms with Crippen molar-refractivity contribution < 1.29 is 9.53 Å². The summed E-state index contributed by atoms with van der Waals surface area (Å²) < 4.78 is 5.05. The highest BCUT2D eigenvalue weighted by molar-refractivity contribution is 5.94. The normalized spacial score (nSPS) is 10.6. The molecule has 0 bridgehead atoms. The van der Waals surface area contributed by atoms with E-state index < -0.39 is 0 Å². The molecule has 0 aliphatic rings. The molecule has 0 aromatic heterocycles. The van der Waals surface area contributed by atoms with Crippen molar-refractivity contribution in [1.29, 1.82) is 0 Å². The van der Waals surface area contributed by atoms with Crippen LogP contribution >= 0.6 is 0 Å². The summed E-state index contributed by atoms with van der Waals surface area (Å²) in [5.74, 6) is 0.466. The fourth-order valence-electron chi connectivity index (χ4n) is 2.03. The number of ether oxygens (including phenoxy) is 1. The first kappa shape index (κ1) is 15.8. The van der Waals surface area contributed by atoms with E-state index in [9.17, 15) is 4.79 Å². The van der Waals surface area contributed by atoms with Crippen molar-refractivity contribution in [1.82, 2.24) is 5.43 Å². The molecule has 2 aromatic rings. The van der Waals surface area contributed by atoms with E-state index in [1.165, 1.54) is 5.56 Å². The molecule has 0 saturated heterocycles. The van der Waals surface area contributed by atoms with Gasteiger partial charge < -0.3 is 4.74 Å². The first-order valence-electron chi connectivity index (χ1n) is 7.29. The second kappa shape index (κ2) is 7.98. The molecular weight excluding hydrogens is 276 g/mol. The van der Waals surface area contributed by atoms with E-state index >= 15 is 0 Å². The van der Waals surface area contributed by atoms with E-state index in [0.29, 0.717) is 11.3 Å². The van der Waals surface area contributed by atoms with Gasteiger partial charge in [0, 0.05) is 5.56 Å². The molecule has 1 amide bonds. The van der Waals surface area contributed by atoms with Crippen LogP contribution in [0, 0.1) is 0 Å². The van der Waals surface area contributed by atoms with Gasteiger partial charge in [-0.05, 0) is 41.8 Å². The molecule has 0 aliphatic carbocycles. The first-order valence-corrected chi connectivity index (χ1v) is 7.29. The van der Waals surface area contributed by atoms with Crippen LogP contribution in [0.4, 0.5) is 0 Å². The third-order valence-corrected chi connectivity index (χ3v) is 3.25. The van der Waals surface area contributed by atoms with Gasteiger partial charge in [-0.25, -0.2) is 5.43 Å². The Bertz CT molecular complexity index is 631. The Balaban J connectivity index is 1.91. The minimum atomic E-state index is -0.249. The summed E-state index contributed by atoms with van der Waals surface area (Å²) in [5.41, 5.74) is 5.31. The zero-order valence-electron chi connectivity index (χ0n) is 12.9. The molecule has 0 heterocycles. The zero-order valence-corrected chi connectivity index (χ0v) is 12.9. The number of nitrogens with one attached hydrogen (secondary N) is 1. The van der Waals surface area contributed by atoms with Gasteiger partial charge in [0.15, 0.2) is 0 Å². The number of carbonyl (C=O) groups is 1. The lowest BCUT2D eigenvalue weighted by molar-refractivity contribution is 0.0955. The molecule has 0 saturated carbocycles. The molecule has 114 valence electrons. The zero-order chi connectivity index (χ0) is 15.8. The van der Waals surface area contributed by atoms with Gasteiger partial charge >= 0.3 is 0 Å². The monoisotopic (exact) mass is 296 g/mol. The van der Waals surface area contributed by atoms with Crippen LogP contribution < -0.4 is 10.2 Å². The third kappa shape index (κ3) is 4.45. The molecule has 0 unspecified atom stereocenters. The smallest absolute Gasteiger partial charge is 0.271 e. The quantitative estimate of drug-likeness (QED) is 0.656. The Hall–Kier alpha value is -2.62. The minimum absolute atomic E-state index is 0.249. The molecule has 2 aromatic carbocycles. The van der Waals surface area contributed by atoms with Crippen LogP contribution in [0.25, 0.3) is 0 Å². The van der Waals surface area contributed by atoms with Gasteiger partial charge in [0.2, 0.25) is 0 Å². The number of aryl methyl sites for hydroxylation is 1. The lowest BCUT2D eigenvalue weighted by Crippen LogP contribution is -2.17. The third-order valence-electron chi connectivity index (χ3n) is 3.25. The highest BCUT2D eigenvalue weighted by Crippen LogP contribution is 2.11. The molecule has 4 heteroatoms. The van der Waals surface area contributed by atoms with Gasteiger partial charge in [-0.3, -0.25) is 4.79 Å². The average Bonchev–Trinajstić information content (AvgIpc) is 2.56. The number of hydrogen-bond acceptors (Lipinski definition) is 3. The summed E-state index contributed by atoms with van der Waals surface area (Å²) in [5, 5.41) is 3.98. The maximum Gasteiger partial charge on any atom is 0.271 e. The minimum Gasteiger partial charge on any atom is -0.497 e. The van der Waals surface area contributed by atoms with Gasteiger partial charge in [0.1, 0.15) is 5.75 Å². The molecule has 0 atom stereocenters. The highest BCUT2D eigenvalue weighted by Gasteiger charge is 2.03. The molecule has 0 radical (unpaired) electrons. The van der Waals surface area contributed by atoms with Gasteiger partial charge in [-0.2, -0.15) is 5.10 Å². The number of carbonyl (C=O) groups excluding carboxylic acids is 1. The standard InChI is InChI=1S/C18H20N2O2/c1-3-4-14-5-7-15(8-6-14)13-19-20-18(21)16-9-11-17(22-2)12-10-16/h5-13H,3-4H2,1-2H3,(H,20,21). The lowest BCUT2D eigenvalue weighted by Gasteiger charge is -2.02. The van der Waals surface area contributed by atoms with Crippen LogP contribution in [0.5, 0.6) is 5.75 Å². The van der Waals surface area contributed by atoms with Gasteiger partial charge in [-0.15, -0.1) is 0 Å².